The van der Waals surface area contributed by atoms with Crippen LogP contribution in [0.3, 0.4) is 0 Å². The summed E-state index contributed by atoms with van der Waals surface area (Å²) in [5.74, 6) is 5.96. The van der Waals surface area contributed by atoms with Crippen LogP contribution in [-0.4, -0.2) is 38.7 Å². The Labute approximate surface area is 129 Å². The molecule has 0 aromatic heterocycles. The quantitative estimate of drug-likeness (QED) is 0.528. The van der Waals surface area contributed by atoms with Gasteiger partial charge in [-0.3, -0.25) is 11.3 Å². The molecular formula is C15H32N2O3S. The summed E-state index contributed by atoms with van der Waals surface area (Å²) in [6, 6.07) is 0.00954. The predicted molar refractivity (Wildman–Crippen MR) is 86.7 cm³/mol. The molecule has 0 heterocycles. The molecule has 0 radical (unpaired) electrons. The van der Waals surface area contributed by atoms with E-state index in [-0.39, 0.29) is 17.4 Å². The van der Waals surface area contributed by atoms with Crippen molar-refractivity contribution in [1.29, 1.82) is 0 Å². The van der Waals surface area contributed by atoms with Crippen molar-refractivity contribution in [3.63, 3.8) is 0 Å². The number of hydrogen-bond acceptors (Lipinski definition) is 5. The van der Waals surface area contributed by atoms with Crippen LogP contribution in [0.5, 0.6) is 0 Å². The number of hydrogen-bond donors (Lipinski definition) is 2. The fourth-order valence-corrected chi connectivity index (χ4v) is 3.97. The molecule has 0 spiro atoms. The number of sulfone groups is 1. The Balaban J connectivity index is 2.72. The average Bonchev–Trinajstić information content (AvgIpc) is 2.37. The number of nitrogens with one attached hydrogen (secondary N) is 1. The third-order valence-electron chi connectivity index (χ3n) is 4.73. The summed E-state index contributed by atoms with van der Waals surface area (Å²) < 4.78 is 28.7. The summed E-state index contributed by atoms with van der Waals surface area (Å²) >= 11 is 0. The van der Waals surface area contributed by atoms with Crippen molar-refractivity contribution in [2.24, 2.45) is 11.3 Å². The van der Waals surface area contributed by atoms with Crippen molar-refractivity contribution in [2.75, 3.05) is 18.6 Å². The van der Waals surface area contributed by atoms with Gasteiger partial charge in [0, 0.05) is 18.6 Å². The van der Waals surface area contributed by atoms with Crippen LogP contribution in [-0.2, 0) is 14.6 Å². The fraction of sp³-hybridized carbons (Fsp3) is 1.00. The number of ether oxygens (including phenoxy) is 1. The minimum absolute atomic E-state index is 0.00954. The second-order valence-electron chi connectivity index (χ2n) is 7.15. The SMILES string of the molecule is CCOC1(C(CCCS(C)(=O)=O)NN)CCC(C)(C)CC1. The smallest absolute Gasteiger partial charge is 0.147 e. The highest BCUT2D eigenvalue weighted by Crippen LogP contribution is 2.44. The zero-order chi connectivity index (χ0) is 16.1. The van der Waals surface area contributed by atoms with Crippen molar-refractivity contribution in [3.8, 4) is 0 Å². The van der Waals surface area contributed by atoms with Gasteiger partial charge in [-0.2, -0.15) is 0 Å². The van der Waals surface area contributed by atoms with E-state index in [1.807, 2.05) is 6.92 Å². The molecule has 0 amide bonds. The Kier molecular flexibility index (Phi) is 6.65. The highest BCUT2D eigenvalue weighted by molar-refractivity contribution is 7.90. The molecule has 1 aliphatic carbocycles. The zero-order valence-corrected chi connectivity index (χ0v) is 14.8. The molecule has 0 aliphatic heterocycles. The molecule has 1 unspecified atom stereocenters. The average molecular weight is 320 g/mol. The van der Waals surface area contributed by atoms with Crippen LogP contribution in [0.4, 0.5) is 0 Å². The largest absolute Gasteiger partial charge is 0.374 e. The molecule has 0 aromatic carbocycles. The number of hydrazine groups is 1. The Hall–Kier alpha value is -0.170. The van der Waals surface area contributed by atoms with Gasteiger partial charge in [0.1, 0.15) is 9.84 Å². The third kappa shape index (κ3) is 5.85. The molecule has 0 bridgehead atoms. The van der Waals surface area contributed by atoms with Crippen molar-refractivity contribution in [2.45, 2.75) is 70.9 Å². The topological polar surface area (TPSA) is 81.4 Å². The Morgan fingerprint density at radius 3 is 2.24 bits per heavy atom. The van der Waals surface area contributed by atoms with Crippen LogP contribution < -0.4 is 11.3 Å². The second kappa shape index (κ2) is 7.40. The van der Waals surface area contributed by atoms with Crippen molar-refractivity contribution < 1.29 is 13.2 Å². The van der Waals surface area contributed by atoms with Crippen molar-refractivity contribution in [3.05, 3.63) is 0 Å². The summed E-state index contributed by atoms with van der Waals surface area (Å²) in [7, 11) is -2.92. The summed E-state index contributed by atoms with van der Waals surface area (Å²) in [4.78, 5) is 0. The number of nitrogens with two attached hydrogens (primary N) is 1. The van der Waals surface area contributed by atoms with Crippen LogP contribution in [0, 0.1) is 5.41 Å². The summed E-state index contributed by atoms with van der Waals surface area (Å²) in [6.07, 6.45) is 6.78. The van der Waals surface area contributed by atoms with E-state index < -0.39 is 9.84 Å². The van der Waals surface area contributed by atoms with Crippen molar-refractivity contribution >= 4 is 9.84 Å². The maximum atomic E-state index is 11.3. The molecule has 126 valence electrons. The molecule has 1 saturated carbocycles. The van der Waals surface area contributed by atoms with E-state index in [1.54, 1.807) is 0 Å². The summed E-state index contributed by atoms with van der Waals surface area (Å²) in [5, 5.41) is 0. The van der Waals surface area contributed by atoms with E-state index >= 15 is 0 Å². The van der Waals surface area contributed by atoms with E-state index in [1.165, 1.54) is 6.26 Å². The first kappa shape index (κ1) is 18.9. The zero-order valence-electron chi connectivity index (χ0n) is 13.9. The van der Waals surface area contributed by atoms with Gasteiger partial charge in [0.25, 0.3) is 0 Å². The molecular weight excluding hydrogens is 288 g/mol. The van der Waals surface area contributed by atoms with Crippen LogP contribution in [0.25, 0.3) is 0 Å². The highest BCUT2D eigenvalue weighted by atomic mass is 32.2. The van der Waals surface area contributed by atoms with E-state index in [9.17, 15) is 8.42 Å². The maximum Gasteiger partial charge on any atom is 0.147 e. The molecule has 0 aromatic rings. The van der Waals surface area contributed by atoms with E-state index in [0.29, 0.717) is 18.4 Å². The van der Waals surface area contributed by atoms with Gasteiger partial charge in [0.2, 0.25) is 0 Å². The lowest BCUT2D eigenvalue weighted by atomic mass is 9.68. The summed E-state index contributed by atoms with van der Waals surface area (Å²) in [6.45, 7) is 7.24. The first-order valence-corrected chi connectivity index (χ1v) is 9.98. The first-order valence-electron chi connectivity index (χ1n) is 7.92. The highest BCUT2D eigenvalue weighted by Gasteiger charge is 2.44. The molecule has 1 atom stereocenters. The molecule has 1 rings (SSSR count). The normalized spacial score (nSPS) is 22.9. The van der Waals surface area contributed by atoms with Gasteiger partial charge < -0.3 is 4.74 Å². The molecule has 5 nitrogen and oxygen atoms in total. The van der Waals surface area contributed by atoms with Gasteiger partial charge in [-0.15, -0.1) is 0 Å². The van der Waals surface area contributed by atoms with Gasteiger partial charge in [0.05, 0.1) is 11.6 Å². The third-order valence-corrected chi connectivity index (χ3v) is 5.76. The minimum atomic E-state index is -2.92. The van der Waals surface area contributed by atoms with Crippen LogP contribution in [0.1, 0.15) is 59.3 Å². The second-order valence-corrected chi connectivity index (χ2v) is 9.41. The van der Waals surface area contributed by atoms with Gasteiger partial charge in [-0.25, -0.2) is 8.42 Å². The minimum Gasteiger partial charge on any atom is -0.374 e. The lowest BCUT2D eigenvalue weighted by molar-refractivity contribution is -0.108. The van der Waals surface area contributed by atoms with Crippen LogP contribution in [0.15, 0.2) is 0 Å². The molecule has 6 heteroatoms. The molecule has 1 aliphatic rings. The monoisotopic (exact) mass is 320 g/mol. The van der Waals surface area contributed by atoms with E-state index in [4.69, 9.17) is 10.6 Å². The van der Waals surface area contributed by atoms with Gasteiger partial charge in [-0.05, 0) is 50.9 Å². The fourth-order valence-electron chi connectivity index (χ4n) is 3.28. The Morgan fingerprint density at radius 2 is 1.81 bits per heavy atom. The molecule has 1 fully saturated rings. The lowest BCUT2D eigenvalue weighted by Crippen LogP contribution is -2.57. The summed E-state index contributed by atoms with van der Waals surface area (Å²) in [5.41, 5.74) is 2.99. The lowest BCUT2D eigenvalue weighted by Gasteiger charge is -2.47. The van der Waals surface area contributed by atoms with E-state index in [2.05, 4.69) is 19.3 Å². The first-order chi connectivity index (χ1) is 9.64. The van der Waals surface area contributed by atoms with Crippen molar-refractivity contribution in [1.82, 2.24) is 5.43 Å². The molecule has 0 saturated heterocycles. The van der Waals surface area contributed by atoms with Crippen LogP contribution >= 0.6 is 0 Å². The Morgan fingerprint density at radius 1 is 1.24 bits per heavy atom. The number of rotatable bonds is 8. The van der Waals surface area contributed by atoms with E-state index in [0.717, 1.165) is 32.1 Å². The van der Waals surface area contributed by atoms with Crippen LogP contribution in [0.2, 0.25) is 0 Å². The molecule has 21 heavy (non-hydrogen) atoms. The Bertz CT molecular complexity index is 411. The van der Waals surface area contributed by atoms with Gasteiger partial charge >= 0.3 is 0 Å². The molecule has 3 N–H and O–H groups in total. The van der Waals surface area contributed by atoms with Gasteiger partial charge in [0.15, 0.2) is 0 Å². The maximum absolute atomic E-state index is 11.3. The standard InChI is InChI=1S/C15H32N2O3S/c1-5-20-15(10-8-14(2,3)9-11-15)13(17-16)7-6-12-21(4,18)19/h13,17H,5-12,16H2,1-4H3. The van der Waals surface area contributed by atoms with Gasteiger partial charge in [-0.1, -0.05) is 13.8 Å². The predicted octanol–water partition coefficient (Wildman–Crippen LogP) is 2.02.